The number of alkyl halides is 3. The lowest BCUT2D eigenvalue weighted by molar-refractivity contribution is -0.137. The molecule has 0 saturated carbocycles. The standard InChI is InChI=1S/C15H12ClF3O/c16-13-6-2-4-11(9-13)14(20)8-10-3-1-5-12(7-10)15(17,18)19/h1-7,9,14,20H,8H2. The normalized spacial score (nSPS) is 13.2. The molecule has 5 heteroatoms. The highest BCUT2D eigenvalue weighted by Crippen LogP contribution is 2.30. The number of hydrogen-bond acceptors (Lipinski definition) is 1. The molecule has 0 amide bonds. The Bertz CT molecular complexity index is 596. The van der Waals surface area contributed by atoms with Crippen molar-refractivity contribution in [3.05, 3.63) is 70.2 Å². The van der Waals surface area contributed by atoms with Gasteiger partial charge in [0.1, 0.15) is 0 Å². The Hall–Kier alpha value is -1.52. The molecular weight excluding hydrogens is 289 g/mol. The van der Waals surface area contributed by atoms with Crippen LogP contribution in [-0.4, -0.2) is 5.11 Å². The van der Waals surface area contributed by atoms with E-state index in [-0.39, 0.29) is 6.42 Å². The van der Waals surface area contributed by atoms with E-state index in [4.69, 9.17) is 11.6 Å². The van der Waals surface area contributed by atoms with Crippen LogP contribution < -0.4 is 0 Å². The van der Waals surface area contributed by atoms with Crippen molar-refractivity contribution in [3.8, 4) is 0 Å². The van der Waals surface area contributed by atoms with Gasteiger partial charge in [-0.2, -0.15) is 13.2 Å². The predicted molar refractivity (Wildman–Crippen MR) is 71.6 cm³/mol. The summed E-state index contributed by atoms with van der Waals surface area (Å²) in [5, 5.41) is 10.5. The van der Waals surface area contributed by atoms with E-state index in [2.05, 4.69) is 0 Å². The summed E-state index contributed by atoms with van der Waals surface area (Å²) in [6.45, 7) is 0. The van der Waals surface area contributed by atoms with Gasteiger partial charge in [0.25, 0.3) is 0 Å². The van der Waals surface area contributed by atoms with Crippen molar-refractivity contribution in [2.45, 2.75) is 18.7 Å². The van der Waals surface area contributed by atoms with Crippen molar-refractivity contribution < 1.29 is 18.3 Å². The van der Waals surface area contributed by atoms with Crippen LogP contribution >= 0.6 is 11.6 Å². The lowest BCUT2D eigenvalue weighted by atomic mass is 10.00. The van der Waals surface area contributed by atoms with E-state index in [0.29, 0.717) is 16.1 Å². The third-order valence-electron chi connectivity index (χ3n) is 2.92. The van der Waals surface area contributed by atoms with E-state index in [1.807, 2.05) is 0 Å². The molecule has 0 fully saturated rings. The zero-order valence-corrected chi connectivity index (χ0v) is 11.1. The second-order valence-corrected chi connectivity index (χ2v) is 4.91. The predicted octanol–water partition coefficient (Wildman–Crippen LogP) is 4.63. The summed E-state index contributed by atoms with van der Waals surface area (Å²) in [4.78, 5) is 0. The van der Waals surface area contributed by atoms with Crippen LogP contribution in [0.15, 0.2) is 48.5 Å². The molecule has 2 aromatic carbocycles. The van der Waals surface area contributed by atoms with Crippen LogP contribution in [0.3, 0.4) is 0 Å². The molecule has 1 N–H and O–H groups in total. The molecular formula is C15H12ClF3O. The largest absolute Gasteiger partial charge is 0.416 e. The molecule has 0 bridgehead atoms. The van der Waals surface area contributed by atoms with Crippen molar-refractivity contribution >= 4 is 11.6 Å². The zero-order valence-electron chi connectivity index (χ0n) is 10.4. The first-order valence-electron chi connectivity index (χ1n) is 5.96. The molecule has 1 unspecified atom stereocenters. The lowest BCUT2D eigenvalue weighted by Gasteiger charge is -2.13. The highest BCUT2D eigenvalue weighted by Gasteiger charge is 2.30. The molecule has 1 nitrogen and oxygen atoms in total. The summed E-state index contributed by atoms with van der Waals surface area (Å²) in [6.07, 6.45) is -5.17. The first-order chi connectivity index (χ1) is 9.36. The monoisotopic (exact) mass is 300 g/mol. The molecule has 0 heterocycles. The summed E-state index contributed by atoms with van der Waals surface area (Å²) in [6, 6.07) is 11.6. The Morgan fingerprint density at radius 3 is 2.40 bits per heavy atom. The van der Waals surface area contributed by atoms with Gasteiger partial charge in [-0.3, -0.25) is 0 Å². The quantitative estimate of drug-likeness (QED) is 0.876. The van der Waals surface area contributed by atoms with Crippen LogP contribution in [0.1, 0.15) is 22.8 Å². The number of halogens is 4. The van der Waals surface area contributed by atoms with Crippen molar-refractivity contribution in [1.82, 2.24) is 0 Å². The molecule has 0 saturated heterocycles. The van der Waals surface area contributed by atoms with Gasteiger partial charge in [-0.1, -0.05) is 41.9 Å². The van der Waals surface area contributed by atoms with Crippen LogP contribution in [0, 0.1) is 0 Å². The number of hydrogen-bond donors (Lipinski definition) is 1. The van der Waals surface area contributed by atoms with Crippen molar-refractivity contribution in [1.29, 1.82) is 0 Å². The van der Waals surface area contributed by atoms with Crippen LogP contribution in [-0.2, 0) is 12.6 Å². The molecule has 0 radical (unpaired) electrons. The van der Waals surface area contributed by atoms with Gasteiger partial charge in [-0.25, -0.2) is 0 Å². The van der Waals surface area contributed by atoms with Gasteiger partial charge in [0, 0.05) is 11.4 Å². The van der Waals surface area contributed by atoms with Crippen LogP contribution in [0.4, 0.5) is 13.2 Å². The van der Waals surface area contributed by atoms with Gasteiger partial charge in [0.05, 0.1) is 11.7 Å². The minimum Gasteiger partial charge on any atom is -0.388 e. The van der Waals surface area contributed by atoms with Gasteiger partial charge < -0.3 is 5.11 Å². The molecule has 1 atom stereocenters. The van der Waals surface area contributed by atoms with Gasteiger partial charge in [0.2, 0.25) is 0 Å². The number of aliphatic hydroxyl groups excluding tert-OH is 1. The summed E-state index contributed by atoms with van der Waals surface area (Å²) >= 11 is 5.82. The van der Waals surface area contributed by atoms with Crippen LogP contribution in [0.2, 0.25) is 5.02 Å². The molecule has 20 heavy (non-hydrogen) atoms. The lowest BCUT2D eigenvalue weighted by Crippen LogP contribution is -2.07. The molecule has 0 spiro atoms. The molecule has 2 aromatic rings. The second kappa shape index (κ2) is 5.85. The van der Waals surface area contributed by atoms with E-state index < -0.39 is 17.8 Å². The second-order valence-electron chi connectivity index (χ2n) is 4.47. The van der Waals surface area contributed by atoms with Crippen LogP contribution in [0.5, 0.6) is 0 Å². The zero-order chi connectivity index (χ0) is 14.8. The van der Waals surface area contributed by atoms with Gasteiger partial charge in [-0.05, 0) is 29.3 Å². The fourth-order valence-corrected chi connectivity index (χ4v) is 2.13. The van der Waals surface area contributed by atoms with Crippen molar-refractivity contribution in [2.75, 3.05) is 0 Å². The topological polar surface area (TPSA) is 20.2 Å². The number of benzene rings is 2. The minimum absolute atomic E-state index is 0.101. The molecule has 0 aliphatic carbocycles. The Kier molecular flexibility index (Phi) is 4.35. The number of aliphatic hydroxyl groups is 1. The maximum atomic E-state index is 12.6. The van der Waals surface area contributed by atoms with Gasteiger partial charge in [-0.15, -0.1) is 0 Å². The highest BCUT2D eigenvalue weighted by molar-refractivity contribution is 6.30. The van der Waals surface area contributed by atoms with E-state index in [0.717, 1.165) is 12.1 Å². The average Bonchev–Trinajstić information content (AvgIpc) is 2.38. The van der Waals surface area contributed by atoms with E-state index in [1.54, 1.807) is 30.3 Å². The molecule has 0 aliphatic heterocycles. The molecule has 0 aromatic heterocycles. The Morgan fingerprint density at radius 1 is 1.05 bits per heavy atom. The van der Waals surface area contributed by atoms with Gasteiger partial charge >= 0.3 is 6.18 Å². The maximum absolute atomic E-state index is 12.6. The maximum Gasteiger partial charge on any atom is 0.416 e. The summed E-state index contributed by atoms with van der Waals surface area (Å²) in [5.74, 6) is 0. The van der Waals surface area contributed by atoms with E-state index >= 15 is 0 Å². The summed E-state index contributed by atoms with van der Waals surface area (Å²) in [7, 11) is 0. The Morgan fingerprint density at radius 2 is 1.75 bits per heavy atom. The molecule has 0 aliphatic rings. The third kappa shape index (κ3) is 3.74. The fourth-order valence-electron chi connectivity index (χ4n) is 1.93. The number of rotatable bonds is 3. The van der Waals surface area contributed by atoms with Gasteiger partial charge in [0.15, 0.2) is 0 Å². The van der Waals surface area contributed by atoms with Crippen LogP contribution in [0.25, 0.3) is 0 Å². The average molecular weight is 301 g/mol. The minimum atomic E-state index is -4.38. The third-order valence-corrected chi connectivity index (χ3v) is 3.15. The Labute approximate surface area is 119 Å². The smallest absolute Gasteiger partial charge is 0.388 e. The van der Waals surface area contributed by atoms with Crippen molar-refractivity contribution in [3.63, 3.8) is 0 Å². The SMILES string of the molecule is OC(Cc1cccc(C(F)(F)F)c1)c1cccc(Cl)c1. The Balaban J connectivity index is 2.18. The highest BCUT2D eigenvalue weighted by atomic mass is 35.5. The first kappa shape index (κ1) is 14.9. The van der Waals surface area contributed by atoms with E-state index in [1.165, 1.54) is 6.07 Å². The summed E-state index contributed by atoms with van der Waals surface area (Å²) in [5.41, 5.74) is 0.288. The van der Waals surface area contributed by atoms with E-state index in [9.17, 15) is 18.3 Å². The molecule has 2 rings (SSSR count). The summed E-state index contributed by atoms with van der Waals surface area (Å²) < 4.78 is 37.8. The fraction of sp³-hybridized carbons (Fsp3) is 0.200. The van der Waals surface area contributed by atoms with Crippen molar-refractivity contribution in [2.24, 2.45) is 0 Å². The first-order valence-corrected chi connectivity index (χ1v) is 6.34. The molecule has 106 valence electrons.